The van der Waals surface area contributed by atoms with Gasteiger partial charge in [-0.15, -0.1) is 0 Å². The van der Waals surface area contributed by atoms with E-state index in [1.807, 2.05) is 12.1 Å². The minimum atomic E-state index is -1.95. The lowest BCUT2D eigenvalue weighted by Gasteiger charge is -2.22. The molecular formula is C48H48O6P2. The number of benzene rings is 6. The lowest BCUT2D eigenvalue weighted by atomic mass is 9.87. The zero-order valence-corrected chi connectivity index (χ0v) is 36.1. The van der Waals surface area contributed by atoms with E-state index in [0.29, 0.717) is 11.5 Å². The number of hydrogen-bond acceptors (Lipinski definition) is 6. The first-order valence-corrected chi connectivity index (χ1v) is 21.2. The molecule has 286 valence electrons. The van der Waals surface area contributed by atoms with Crippen LogP contribution in [0.3, 0.4) is 0 Å². The van der Waals surface area contributed by atoms with Crippen LogP contribution in [0.1, 0.15) is 66.8 Å². The molecule has 0 fully saturated rings. The van der Waals surface area contributed by atoms with Gasteiger partial charge in [0, 0.05) is 32.7 Å². The molecule has 8 heteroatoms. The summed E-state index contributed by atoms with van der Waals surface area (Å²) in [6.07, 6.45) is 0. The summed E-state index contributed by atoms with van der Waals surface area (Å²) in [4.78, 5) is 0. The zero-order chi connectivity index (χ0) is 39.7. The monoisotopic (exact) mass is 782 g/mol. The Labute approximate surface area is 330 Å². The van der Waals surface area contributed by atoms with E-state index in [1.165, 1.54) is 0 Å². The van der Waals surface area contributed by atoms with Gasteiger partial charge in [-0.25, -0.2) is 0 Å². The smallest absolute Gasteiger partial charge is 0.390 e. The Morgan fingerprint density at radius 3 is 1.14 bits per heavy atom. The van der Waals surface area contributed by atoms with Crippen molar-refractivity contribution in [3.05, 3.63) is 140 Å². The summed E-state index contributed by atoms with van der Waals surface area (Å²) in [5.74, 6) is 1.37. The van der Waals surface area contributed by atoms with E-state index in [0.717, 1.165) is 122 Å². The average Bonchev–Trinajstić information content (AvgIpc) is 3.38. The standard InChI is InChI=1S/C48H48O6P2/c1-25-13-15-41-37(19-25)38-20-26(2)14-16-42(38)50-55(49-41)53-47-33(9)23-29(5)35(11)43(47)44-36(12)30(6)24-34(10)48(44)54-56-51-45-31(7)17-27(3)21-39(45)40-22-28(4)18-32(8)46(40)52-56/h13-24H,1-12H3. The maximum atomic E-state index is 7.09. The first kappa shape index (κ1) is 37.6. The van der Waals surface area contributed by atoms with Crippen LogP contribution in [0, 0.1) is 83.1 Å². The molecule has 0 spiro atoms. The quantitative estimate of drug-likeness (QED) is 0.173. The van der Waals surface area contributed by atoms with Gasteiger partial charge in [0.2, 0.25) is 0 Å². The van der Waals surface area contributed by atoms with Crippen LogP contribution in [-0.2, 0) is 0 Å². The van der Waals surface area contributed by atoms with Gasteiger partial charge in [0.15, 0.2) is 0 Å². The fourth-order valence-electron chi connectivity index (χ4n) is 7.95. The largest absolute Gasteiger partial charge is 0.453 e. The molecule has 0 aliphatic carbocycles. The van der Waals surface area contributed by atoms with Crippen molar-refractivity contribution in [3.8, 4) is 22.6 Å². The second kappa shape index (κ2) is 14.3. The molecule has 0 aliphatic rings. The fourth-order valence-corrected chi connectivity index (χ4v) is 10.4. The van der Waals surface area contributed by atoms with E-state index in [-0.39, 0.29) is 0 Å². The molecule has 0 saturated carbocycles. The first-order valence-electron chi connectivity index (χ1n) is 19.0. The summed E-state index contributed by atoms with van der Waals surface area (Å²) in [6, 6.07) is 25.4. The molecule has 8 aromatic rings. The van der Waals surface area contributed by atoms with Gasteiger partial charge in [-0.05, 0) is 175 Å². The molecule has 56 heavy (non-hydrogen) atoms. The van der Waals surface area contributed by atoms with Crippen LogP contribution in [0.5, 0.6) is 11.5 Å². The van der Waals surface area contributed by atoms with Crippen LogP contribution in [0.4, 0.5) is 0 Å². The van der Waals surface area contributed by atoms with E-state index in [1.54, 1.807) is 0 Å². The van der Waals surface area contributed by atoms with Gasteiger partial charge in [-0.1, -0.05) is 47.5 Å². The topological polar surface area (TPSA) is 71.0 Å². The predicted molar refractivity (Wildman–Crippen MR) is 233 cm³/mol. The summed E-state index contributed by atoms with van der Waals surface area (Å²) in [7, 11) is -3.87. The van der Waals surface area contributed by atoms with E-state index in [4.69, 9.17) is 25.8 Å². The Bertz CT molecular complexity index is 2870. The molecule has 6 nitrogen and oxygen atoms in total. The molecule has 0 atom stereocenters. The number of hydrogen-bond donors (Lipinski definition) is 0. The number of aryl methyl sites for hydroxylation is 10. The summed E-state index contributed by atoms with van der Waals surface area (Å²) in [5.41, 5.74) is 17.9. The highest BCUT2D eigenvalue weighted by Crippen LogP contribution is 2.51. The van der Waals surface area contributed by atoms with E-state index in [9.17, 15) is 0 Å². The normalized spacial score (nSPS) is 11.6. The number of rotatable bonds is 5. The molecule has 0 unspecified atom stereocenters. The Balaban J connectivity index is 1.39. The molecule has 6 aromatic carbocycles. The van der Waals surface area contributed by atoms with Gasteiger partial charge in [-0.3, -0.25) is 0 Å². The Hall–Kier alpha value is -5.28. The van der Waals surface area contributed by atoms with Crippen LogP contribution in [0.25, 0.3) is 55.0 Å². The van der Waals surface area contributed by atoms with Crippen LogP contribution in [0.2, 0.25) is 0 Å². The molecular weight excluding hydrogens is 734 g/mol. The minimum Gasteiger partial charge on any atom is -0.390 e. The zero-order valence-electron chi connectivity index (χ0n) is 34.3. The van der Waals surface area contributed by atoms with Gasteiger partial charge in [-0.2, -0.15) is 0 Å². The Kier molecular flexibility index (Phi) is 9.64. The fraction of sp³-hybridized carbons (Fsp3) is 0.250. The Morgan fingerprint density at radius 2 is 0.732 bits per heavy atom. The van der Waals surface area contributed by atoms with Crippen molar-refractivity contribution in [1.82, 2.24) is 0 Å². The van der Waals surface area contributed by atoms with Crippen LogP contribution >= 0.6 is 16.5 Å². The van der Waals surface area contributed by atoms with Crippen molar-refractivity contribution in [3.63, 3.8) is 0 Å². The van der Waals surface area contributed by atoms with Gasteiger partial charge in [0.25, 0.3) is 0 Å². The number of fused-ring (bicyclic) bond motifs is 6. The highest BCUT2D eigenvalue weighted by atomic mass is 31.1. The maximum Gasteiger partial charge on any atom is 0.453 e. The molecule has 2 heterocycles. The molecule has 2 aromatic heterocycles. The highest BCUT2D eigenvalue weighted by molar-refractivity contribution is 7.32. The third-order valence-corrected chi connectivity index (χ3v) is 12.9. The third kappa shape index (κ3) is 6.70. The molecule has 0 N–H and O–H groups in total. The molecule has 0 radical (unpaired) electrons. The van der Waals surface area contributed by atoms with Gasteiger partial charge in [0.1, 0.15) is 33.8 Å². The minimum absolute atomic E-state index is 0.685. The molecule has 0 amide bonds. The third-order valence-electron chi connectivity index (χ3n) is 10.9. The first-order chi connectivity index (χ1) is 26.7. The highest BCUT2D eigenvalue weighted by Gasteiger charge is 2.26. The van der Waals surface area contributed by atoms with Crippen molar-refractivity contribution < 1.29 is 25.8 Å². The van der Waals surface area contributed by atoms with Crippen molar-refractivity contribution in [2.75, 3.05) is 0 Å². The van der Waals surface area contributed by atoms with Gasteiger partial charge < -0.3 is 25.8 Å². The van der Waals surface area contributed by atoms with Crippen LogP contribution in [0.15, 0.2) is 89.6 Å². The summed E-state index contributed by atoms with van der Waals surface area (Å²) >= 11 is 0. The second-order valence-corrected chi connectivity index (χ2v) is 17.6. The predicted octanol–water partition coefficient (Wildman–Crippen LogP) is 15.9. The van der Waals surface area contributed by atoms with Gasteiger partial charge >= 0.3 is 16.5 Å². The summed E-state index contributed by atoms with van der Waals surface area (Å²) < 4.78 is 41.1. The summed E-state index contributed by atoms with van der Waals surface area (Å²) in [5, 5.41) is 3.99. The lowest BCUT2D eigenvalue weighted by Crippen LogP contribution is -2.01. The molecule has 0 bridgehead atoms. The van der Waals surface area contributed by atoms with E-state index in [2.05, 4.69) is 144 Å². The molecule has 8 rings (SSSR count). The van der Waals surface area contributed by atoms with Crippen molar-refractivity contribution in [1.29, 1.82) is 0 Å². The Morgan fingerprint density at radius 1 is 0.357 bits per heavy atom. The average molecular weight is 783 g/mol. The van der Waals surface area contributed by atoms with Crippen LogP contribution in [-0.4, -0.2) is 0 Å². The molecule has 0 saturated heterocycles. The van der Waals surface area contributed by atoms with Crippen molar-refractivity contribution in [2.45, 2.75) is 83.1 Å². The van der Waals surface area contributed by atoms with Gasteiger partial charge in [0.05, 0.1) is 0 Å². The lowest BCUT2D eigenvalue weighted by molar-refractivity contribution is 0.490. The van der Waals surface area contributed by atoms with Crippen LogP contribution < -0.4 is 9.05 Å². The SMILES string of the molecule is Cc1ccc2op(Oc3c(C)cc(C)c(C)c3-c3c(C)c(C)cc(C)c3Op3oc4c(C)cc(C)cc4c4cc(C)cc(C)c4o3)oc3ccc(C)cc3c2c1. The maximum absolute atomic E-state index is 7.09. The van der Waals surface area contributed by atoms with E-state index < -0.39 is 16.5 Å². The van der Waals surface area contributed by atoms with Crippen molar-refractivity contribution in [2.24, 2.45) is 0 Å². The van der Waals surface area contributed by atoms with Crippen molar-refractivity contribution >= 4 is 60.4 Å². The second-order valence-electron chi connectivity index (χ2n) is 15.6. The molecule has 0 aliphatic heterocycles. The van der Waals surface area contributed by atoms with E-state index >= 15 is 0 Å². The summed E-state index contributed by atoms with van der Waals surface area (Å²) in [6.45, 7) is 25.3.